The Kier molecular flexibility index (Phi) is 7.06. The zero-order valence-electron chi connectivity index (χ0n) is 17.9. The van der Waals surface area contributed by atoms with Gasteiger partial charge in [-0.3, -0.25) is 5.32 Å². The summed E-state index contributed by atoms with van der Waals surface area (Å²) in [6, 6.07) is 11.9. The van der Waals surface area contributed by atoms with Crippen molar-refractivity contribution in [3.8, 4) is 22.8 Å². The summed E-state index contributed by atoms with van der Waals surface area (Å²) in [5, 5.41) is 5.34. The van der Waals surface area contributed by atoms with Crippen LogP contribution >= 0.6 is 0 Å². The van der Waals surface area contributed by atoms with Crippen LogP contribution in [0, 0.1) is 0 Å². The van der Waals surface area contributed by atoms with Gasteiger partial charge in [0.05, 0.1) is 32.1 Å². The van der Waals surface area contributed by atoms with E-state index >= 15 is 0 Å². The molecule has 2 N–H and O–H groups in total. The van der Waals surface area contributed by atoms with Crippen molar-refractivity contribution in [2.24, 2.45) is 0 Å². The molecule has 1 aliphatic rings. The number of oxazole rings is 1. The fraction of sp³-hybridized carbons (Fsp3) is 0.261. The van der Waals surface area contributed by atoms with Crippen LogP contribution in [0.25, 0.3) is 11.3 Å². The molecule has 0 radical (unpaired) electrons. The van der Waals surface area contributed by atoms with Crippen LogP contribution in [0.4, 0.5) is 15.3 Å². The second-order valence-corrected chi connectivity index (χ2v) is 7.19. The highest BCUT2D eigenvalue weighted by Gasteiger charge is 2.19. The van der Waals surface area contributed by atoms with Gasteiger partial charge in [0.2, 0.25) is 0 Å². The molecule has 10 heteroatoms. The molecule has 4 rings (SSSR count). The van der Waals surface area contributed by atoms with Crippen molar-refractivity contribution in [3.63, 3.8) is 0 Å². The summed E-state index contributed by atoms with van der Waals surface area (Å²) >= 11 is 0. The lowest BCUT2D eigenvalue weighted by Gasteiger charge is -2.12. The van der Waals surface area contributed by atoms with Crippen LogP contribution in [0.15, 0.2) is 59.5 Å². The molecule has 0 saturated carbocycles. The Bertz CT molecular complexity index is 1100. The third kappa shape index (κ3) is 6.01. The van der Waals surface area contributed by atoms with Gasteiger partial charge in [0.25, 0.3) is 0 Å². The Morgan fingerprint density at radius 3 is 2.85 bits per heavy atom. The second kappa shape index (κ2) is 10.5. The zero-order chi connectivity index (χ0) is 23.0. The van der Waals surface area contributed by atoms with Gasteiger partial charge in [-0.15, -0.1) is 0 Å². The first-order valence-corrected chi connectivity index (χ1v) is 10.3. The molecule has 0 aliphatic carbocycles. The average molecular weight is 453 g/mol. The molecule has 172 valence electrons. The largest absolute Gasteiger partial charge is 0.496 e. The van der Waals surface area contributed by atoms with Crippen LogP contribution in [0.5, 0.6) is 11.5 Å². The smallest absolute Gasteiger partial charge is 0.417 e. The number of anilines is 1. The molecular formula is C23H23N3O7. The summed E-state index contributed by atoms with van der Waals surface area (Å²) in [7, 11) is 1.52. The van der Waals surface area contributed by atoms with Crippen molar-refractivity contribution in [2.75, 3.05) is 25.6 Å². The molecule has 1 saturated heterocycles. The third-order valence-corrected chi connectivity index (χ3v) is 4.85. The van der Waals surface area contributed by atoms with Gasteiger partial charge in [0.15, 0.2) is 12.2 Å². The lowest BCUT2D eigenvalue weighted by atomic mass is 10.1. The minimum absolute atomic E-state index is 0.216. The molecule has 1 unspecified atom stereocenters. The Labute approximate surface area is 189 Å². The maximum absolute atomic E-state index is 12.4. The second-order valence-electron chi connectivity index (χ2n) is 7.19. The maximum Gasteiger partial charge on any atom is 0.417 e. The highest BCUT2D eigenvalue weighted by Crippen LogP contribution is 2.32. The molecule has 1 fully saturated rings. The number of nitrogens with zero attached hydrogens (tertiary/aromatic N) is 1. The van der Waals surface area contributed by atoms with E-state index in [1.54, 1.807) is 48.7 Å². The van der Waals surface area contributed by atoms with E-state index in [4.69, 9.17) is 23.4 Å². The van der Waals surface area contributed by atoms with E-state index in [0.717, 1.165) is 5.56 Å². The first kappa shape index (κ1) is 22.2. The van der Waals surface area contributed by atoms with E-state index in [0.29, 0.717) is 48.1 Å². The topological polar surface area (TPSA) is 121 Å². The van der Waals surface area contributed by atoms with Gasteiger partial charge < -0.3 is 28.7 Å². The lowest BCUT2D eigenvalue weighted by molar-refractivity contribution is 0.0828. The number of hydrogen-bond acceptors (Lipinski definition) is 8. The highest BCUT2D eigenvalue weighted by atomic mass is 16.6. The first-order valence-electron chi connectivity index (χ1n) is 10.3. The van der Waals surface area contributed by atoms with E-state index in [2.05, 4.69) is 15.6 Å². The van der Waals surface area contributed by atoms with Crippen molar-refractivity contribution >= 4 is 17.9 Å². The molecule has 0 spiro atoms. The fourth-order valence-corrected chi connectivity index (χ4v) is 3.26. The minimum atomic E-state index is -0.671. The van der Waals surface area contributed by atoms with Crippen molar-refractivity contribution in [1.29, 1.82) is 0 Å². The summed E-state index contributed by atoms with van der Waals surface area (Å²) in [4.78, 5) is 28.1. The molecule has 1 atom stereocenters. The van der Waals surface area contributed by atoms with Crippen molar-refractivity contribution in [3.05, 3.63) is 60.6 Å². The van der Waals surface area contributed by atoms with E-state index in [1.165, 1.54) is 13.5 Å². The minimum Gasteiger partial charge on any atom is -0.496 e. The Hall–Kier alpha value is -4.05. The van der Waals surface area contributed by atoms with E-state index in [-0.39, 0.29) is 12.6 Å². The zero-order valence-corrected chi connectivity index (χ0v) is 17.9. The summed E-state index contributed by atoms with van der Waals surface area (Å²) in [6.07, 6.45) is 2.19. The molecule has 1 aliphatic heterocycles. The van der Waals surface area contributed by atoms with Crippen molar-refractivity contribution in [1.82, 2.24) is 10.3 Å². The Balaban J connectivity index is 1.31. The summed E-state index contributed by atoms with van der Waals surface area (Å²) in [5.41, 5.74) is 1.93. The van der Waals surface area contributed by atoms with Crippen molar-refractivity contribution < 1.29 is 33.0 Å². The molecule has 2 heterocycles. The van der Waals surface area contributed by atoms with Crippen LogP contribution in [0.3, 0.4) is 0 Å². The van der Waals surface area contributed by atoms with Crippen LogP contribution in [0.1, 0.15) is 12.0 Å². The predicted octanol–water partition coefficient (Wildman–Crippen LogP) is 3.98. The number of carbonyl (C=O) groups excluding carboxylic acids is 2. The molecule has 0 bridgehead atoms. The van der Waals surface area contributed by atoms with Gasteiger partial charge in [-0.25, -0.2) is 14.6 Å². The number of hydrogen-bond donors (Lipinski definition) is 2. The third-order valence-electron chi connectivity index (χ3n) is 4.85. The molecule has 33 heavy (non-hydrogen) atoms. The van der Waals surface area contributed by atoms with Crippen LogP contribution < -0.4 is 20.1 Å². The highest BCUT2D eigenvalue weighted by molar-refractivity contribution is 5.87. The normalized spacial score (nSPS) is 15.0. The van der Waals surface area contributed by atoms with Crippen LogP contribution in [0.2, 0.25) is 0 Å². The molecule has 1 aromatic heterocycles. The number of methoxy groups -OCH3 is 1. The fourth-order valence-electron chi connectivity index (χ4n) is 3.26. The lowest BCUT2D eigenvalue weighted by Crippen LogP contribution is -2.28. The standard InChI is InChI=1S/C23H23N3O7/c1-29-20-10-16(5-6-19(20)21-12-24-14-31-21)26-23(28)32-17-4-2-3-15(9-17)11-25-22(27)33-18-7-8-30-13-18/h2-6,9-10,12,14,18H,7-8,11,13H2,1H3,(H,25,27)(H,26,28). The summed E-state index contributed by atoms with van der Waals surface area (Å²) < 4.78 is 26.5. The van der Waals surface area contributed by atoms with Crippen LogP contribution in [-0.2, 0) is 16.0 Å². The van der Waals surface area contributed by atoms with Gasteiger partial charge >= 0.3 is 12.2 Å². The quantitative estimate of drug-likeness (QED) is 0.551. The molecular weight excluding hydrogens is 430 g/mol. The Morgan fingerprint density at radius 2 is 2.09 bits per heavy atom. The predicted molar refractivity (Wildman–Crippen MR) is 117 cm³/mol. The first-order chi connectivity index (χ1) is 16.1. The van der Waals surface area contributed by atoms with Gasteiger partial charge in [-0.2, -0.15) is 0 Å². The average Bonchev–Trinajstić information content (AvgIpc) is 3.52. The number of benzene rings is 2. The Morgan fingerprint density at radius 1 is 1.18 bits per heavy atom. The maximum atomic E-state index is 12.4. The number of rotatable bonds is 7. The van der Waals surface area contributed by atoms with Gasteiger partial charge in [0, 0.05) is 24.7 Å². The number of alkyl carbamates (subject to hydrolysis) is 1. The number of carbonyl (C=O) groups is 2. The van der Waals surface area contributed by atoms with Crippen LogP contribution in [-0.4, -0.2) is 43.6 Å². The number of amides is 2. The molecule has 2 amide bonds. The van der Waals surface area contributed by atoms with Gasteiger partial charge in [-0.1, -0.05) is 12.1 Å². The van der Waals surface area contributed by atoms with Gasteiger partial charge in [0.1, 0.15) is 17.6 Å². The summed E-state index contributed by atoms with van der Waals surface area (Å²) in [6.45, 7) is 1.24. The number of ether oxygens (including phenoxy) is 4. The van der Waals surface area contributed by atoms with E-state index in [1.807, 2.05) is 0 Å². The number of nitrogens with one attached hydrogen (secondary N) is 2. The number of aromatic nitrogens is 1. The molecule has 2 aromatic carbocycles. The van der Waals surface area contributed by atoms with E-state index < -0.39 is 12.2 Å². The molecule has 3 aromatic rings. The SMILES string of the molecule is COc1cc(NC(=O)Oc2cccc(CNC(=O)OC3CCOC3)c2)ccc1-c1cnco1. The monoisotopic (exact) mass is 453 g/mol. The van der Waals surface area contributed by atoms with E-state index in [9.17, 15) is 9.59 Å². The molecule has 10 nitrogen and oxygen atoms in total. The van der Waals surface area contributed by atoms with Crippen molar-refractivity contribution in [2.45, 2.75) is 19.1 Å². The summed E-state index contributed by atoms with van der Waals surface area (Å²) in [5.74, 6) is 1.38. The van der Waals surface area contributed by atoms with Gasteiger partial charge in [-0.05, 0) is 29.8 Å².